The van der Waals surface area contributed by atoms with Gasteiger partial charge in [0.25, 0.3) is 11.5 Å². The van der Waals surface area contributed by atoms with Crippen LogP contribution < -0.4 is 5.32 Å². The fourth-order valence-electron chi connectivity index (χ4n) is 3.07. The highest BCUT2D eigenvalue weighted by Crippen LogP contribution is 2.30. The monoisotopic (exact) mass is 408 g/mol. The number of nitrogens with one attached hydrogen (secondary N) is 1. The van der Waals surface area contributed by atoms with Crippen LogP contribution >= 0.6 is 0 Å². The Morgan fingerprint density at radius 3 is 2.52 bits per heavy atom. The molecule has 2 amide bonds. The summed E-state index contributed by atoms with van der Waals surface area (Å²) >= 11 is 0. The van der Waals surface area contributed by atoms with E-state index in [2.05, 4.69) is 5.32 Å². The standard InChI is InChI=1S/C19H24N2O8/c1-2-28-18(26)19(11-29-19)17(25)20-13(16(24)21-5-7-27-8-6-21)9-12-3-4-14(22)15(23)10-12/h3-4,10,13,22-23H,2,5-9,11H2,1H3,(H,20,25)/t13-,19-/m0/s1. The quantitative estimate of drug-likeness (QED) is 0.233. The maximum Gasteiger partial charge on any atom is 0.350 e. The molecule has 2 fully saturated rings. The molecule has 10 nitrogen and oxygen atoms in total. The molecule has 2 saturated heterocycles. The van der Waals surface area contributed by atoms with Gasteiger partial charge in [-0.15, -0.1) is 0 Å². The molecule has 0 bridgehead atoms. The maximum absolute atomic E-state index is 13.0. The van der Waals surface area contributed by atoms with Crippen LogP contribution in [-0.2, 0) is 35.0 Å². The Morgan fingerprint density at radius 1 is 1.24 bits per heavy atom. The van der Waals surface area contributed by atoms with Crippen molar-refractivity contribution in [3.05, 3.63) is 23.8 Å². The molecule has 2 atom stereocenters. The maximum atomic E-state index is 13.0. The molecule has 10 heteroatoms. The van der Waals surface area contributed by atoms with Crippen LogP contribution in [0.3, 0.4) is 0 Å². The number of benzene rings is 1. The van der Waals surface area contributed by atoms with Gasteiger partial charge in [-0.2, -0.15) is 0 Å². The molecule has 2 aliphatic rings. The molecule has 29 heavy (non-hydrogen) atoms. The number of phenolic OH excluding ortho intramolecular Hbond substituents is 2. The largest absolute Gasteiger partial charge is 0.504 e. The molecule has 2 aliphatic heterocycles. The van der Waals surface area contributed by atoms with Crippen molar-refractivity contribution >= 4 is 17.8 Å². The van der Waals surface area contributed by atoms with Crippen molar-refractivity contribution in [1.29, 1.82) is 0 Å². The number of epoxide rings is 1. The first-order chi connectivity index (χ1) is 13.9. The third-order valence-corrected chi connectivity index (χ3v) is 4.81. The van der Waals surface area contributed by atoms with Crippen LogP contribution in [0.2, 0.25) is 0 Å². The number of nitrogens with zero attached hydrogens (tertiary/aromatic N) is 1. The lowest BCUT2D eigenvalue weighted by Crippen LogP contribution is -2.56. The topological polar surface area (TPSA) is 138 Å². The number of esters is 1. The summed E-state index contributed by atoms with van der Waals surface area (Å²) in [4.78, 5) is 39.4. The summed E-state index contributed by atoms with van der Waals surface area (Å²) in [5.74, 6) is -2.50. The minimum atomic E-state index is -1.73. The number of aromatic hydroxyl groups is 2. The van der Waals surface area contributed by atoms with Crippen LogP contribution in [0.15, 0.2) is 18.2 Å². The minimum absolute atomic E-state index is 0.0503. The second-order valence-corrected chi connectivity index (χ2v) is 6.83. The first-order valence-corrected chi connectivity index (χ1v) is 9.37. The SMILES string of the molecule is CCOC(=O)[C@@]1(C(=O)N[C@@H](Cc2ccc(O)c(O)c2)C(=O)N2CCOCC2)CO1. The van der Waals surface area contributed by atoms with Gasteiger partial charge in [-0.1, -0.05) is 6.07 Å². The van der Waals surface area contributed by atoms with Gasteiger partial charge in [0.1, 0.15) is 6.04 Å². The number of morpholine rings is 1. The van der Waals surface area contributed by atoms with E-state index in [9.17, 15) is 24.6 Å². The predicted octanol–water partition coefficient (Wildman–Crippen LogP) is -0.684. The van der Waals surface area contributed by atoms with Crippen LogP contribution in [0.25, 0.3) is 0 Å². The molecule has 0 aromatic heterocycles. The number of carbonyl (C=O) groups is 3. The fraction of sp³-hybridized carbons (Fsp3) is 0.526. The predicted molar refractivity (Wildman–Crippen MR) is 98.1 cm³/mol. The van der Waals surface area contributed by atoms with Gasteiger partial charge in [-0.25, -0.2) is 4.79 Å². The minimum Gasteiger partial charge on any atom is -0.504 e. The fourth-order valence-corrected chi connectivity index (χ4v) is 3.07. The molecule has 1 aromatic carbocycles. The van der Waals surface area contributed by atoms with E-state index in [4.69, 9.17) is 14.2 Å². The van der Waals surface area contributed by atoms with Crippen LogP contribution in [0.1, 0.15) is 12.5 Å². The molecule has 2 heterocycles. The normalized spacial score (nSPS) is 21.9. The Balaban J connectivity index is 1.78. The van der Waals surface area contributed by atoms with E-state index in [1.165, 1.54) is 18.2 Å². The second-order valence-electron chi connectivity index (χ2n) is 6.83. The zero-order valence-corrected chi connectivity index (χ0v) is 16.1. The highest BCUT2D eigenvalue weighted by Gasteiger charge is 2.61. The Morgan fingerprint density at radius 2 is 1.93 bits per heavy atom. The number of hydrogen-bond acceptors (Lipinski definition) is 8. The van der Waals surface area contributed by atoms with Gasteiger partial charge in [-0.05, 0) is 24.6 Å². The van der Waals surface area contributed by atoms with Gasteiger partial charge in [0.15, 0.2) is 11.5 Å². The van der Waals surface area contributed by atoms with E-state index < -0.39 is 23.5 Å². The molecule has 3 rings (SSSR count). The lowest BCUT2D eigenvalue weighted by atomic mass is 10.0. The molecule has 0 aliphatic carbocycles. The molecule has 0 radical (unpaired) electrons. The molecule has 0 unspecified atom stereocenters. The van der Waals surface area contributed by atoms with Crippen LogP contribution in [-0.4, -0.2) is 84.1 Å². The van der Waals surface area contributed by atoms with Crippen LogP contribution in [0.5, 0.6) is 11.5 Å². The number of carbonyl (C=O) groups excluding carboxylic acids is 3. The smallest absolute Gasteiger partial charge is 0.350 e. The van der Waals surface area contributed by atoms with E-state index >= 15 is 0 Å². The van der Waals surface area contributed by atoms with Gasteiger partial charge in [0.2, 0.25) is 5.91 Å². The number of phenols is 2. The highest BCUT2D eigenvalue weighted by molar-refractivity contribution is 6.10. The van der Waals surface area contributed by atoms with Crippen molar-refractivity contribution in [3.63, 3.8) is 0 Å². The average molecular weight is 408 g/mol. The van der Waals surface area contributed by atoms with Crippen molar-refractivity contribution in [2.24, 2.45) is 0 Å². The zero-order chi connectivity index (χ0) is 21.0. The van der Waals surface area contributed by atoms with E-state index in [0.717, 1.165) is 0 Å². The van der Waals surface area contributed by atoms with Gasteiger partial charge in [0.05, 0.1) is 26.4 Å². The van der Waals surface area contributed by atoms with Gasteiger partial charge < -0.3 is 34.6 Å². The number of hydrogen-bond donors (Lipinski definition) is 3. The van der Waals surface area contributed by atoms with Crippen molar-refractivity contribution < 1.29 is 38.8 Å². The second kappa shape index (κ2) is 8.66. The van der Waals surface area contributed by atoms with Crippen molar-refractivity contribution in [3.8, 4) is 11.5 Å². The zero-order valence-electron chi connectivity index (χ0n) is 16.1. The lowest BCUT2D eigenvalue weighted by Gasteiger charge is -2.31. The third-order valence-electron chi connectivity index (χ3n) is 4.81. The summed E-state index contributed by atoms with van der Waals surface area (Å²) in [7, 11) is 0. The molecule has 3 N–H and O–H groups in total. The van der Waals surface area contributed by atoms with Crippen molar-refractivity contribution in [2.45, 2.75) is 25.0 Å². The first-order valence-electron chi connectivity index (χ1n) is 9.37. The van der Waals surface area contributed by atoms with Crippen LogP contribution in [0.4, 0.5) is 0 Å². The summed E-state index contributed by atoms with van der Waals surface area (Å²) in [5, 5.41) is 21.8. The van der Waals surface area contributed by atoms with Gasteiger partial charge in [-0.3, -0.25) is 9.59 Å². The van der Waals surface area contributed by atoms with E-state index in [0.29, 0.717) is 31.9 Å². The van der Waals surface area contributed by atoms with Crippen LogP contribution in [0, 0.1) is 0 Å². The average Bonchev–Trinajstić information content (AvgIpc) is 3.53. The van der Waals surface area contributed by atoms with Gasteiger partial charge >= 0.3 is 5.97 Å². The first kappa shape index (κ1) is 20.9. The highest BCUT2D eigenvalue weighted by atomic mass is 16.6. The number of amides is 2. The summed E-state index contributed by atoms with van der Waals surface area (Å²) in [5.41, 5.74) is -1.20. The molecular formula is C19H24N2O8. The number of rotatable bonds is 7. The van der Waals surface area contributed by atoms with E-state index in [1.807, 2.05) is 0 Å². The Kier molecular flexibility index (Phi) is 6.23. The molecule has 0 saturated carbocycles. The summed E-state index contributed by atoms with van der Waals surface area (Å²) in [6.07, 6.45) is 0.0503. The van der Waals surface area contributed by atoms with Gasteiger partial charge in [0, 0.05) is 19.5 Å². The lowest BCUT2D eigenvalue weighted by molar-refractivity contribution is -0.155. The van der Waals surface area contributed by atoms with E-state index in [-0.39, 0.29) is 37.0 Å². The summed E-state index contributed by atoms with van der Waals surface area (Å²) < 4.78 is 15.2. The Labute approximate surface area is 167 Å². The number of ether oxygens (including phenoxy) is 3. The van der Waals surface area contributed by atoms with Crippen molar-refractivity contribution in [1.82, 2.24) is 10.2 Å². The van der Waals surface area contributed by atoms with E-state index in [1.54, 1.807) is 11.8 Å². The molecular weight excluding hydrogens is 384 g/mol. The van der Waals surface area contributed by atoms with Crippen molar-refractivity contribution in [2.75, 3.05) is 39.5 Å². The third kappa shape index (κ3) is 4.60. The molecule has 0 spiro atoms. The molecule has 1 aromatic rings. The summed E-state index contributed by atoms with van der Waals surface area (Å²) in [6, 6.07) is 3.15. The Bertz CT molecular complexity index is 786. The summed E-state index contributed by atoms with van der Waals surface area (Å²) in [6.45, 7) is 3.14. The molecule has 158 valence electrons. The Hall–Kier alpha value is -2.85.